The summed E-state index contributed by atoms with van der Waals surface area (Å²) in [6.45, 7) is 14.3. The summed E-state index contributed by atoms with van der Waals surface area (Å²) >= 11 is 0. The van der Waals surface area contributed by atoms with Gasteiger partial charge in [0.25, 0.3) is 5.56 Å². The summed E-state index contributed by atoms with van der Waals surface area (Å²) in [6.07, 6.45) is 1.41. The summed E-state index contributed by atoms with van der Waals surface area (Å²) < 4.78 is 70.7. The van der Waals surface area contributed by atoms with Crippen molar-refractivity contribution in [2.45, 2.75) is 123 Å². The molecule has 2 aliphatic heterocycles. The summed E-state index contributed by atoms with van der Waals surface area (Å²) in [7, 11) is 1.62. The van der Waals surface area contributed by atoms with Crippen molar-refractivity contribution in [2.24, 2.45) is 11.7 Å². The van der Waals surface area contributed by atoms with Crippen LogP contribution in [0.15, 0.2) is 41.2 Å². The quantitative estimate of drug-likeness (QED) is 0.0219. The lowest BCUT2D eigenvalue weighted by Crippen LogP contribution is -2.56. The van der Waals surface area contributed by atoms with Gasteiger partial charge < -0.3 is 89.4 Å². The van der Waals surface area contributed by atoms with E-state index in [1.807, 2.05) is 0 Å². The lowest BCUT2D eigenvalue weighted by Gasteiger charge is -2.31. The molecular weight excluding hydrogens is 1180 g/mol. The van der Waals surface area contributed by atoms with E-state index in [1.54, 1.807) is 65.1 Å². The molecule has 5 amide bonds. The van der Waals surface area contributed by atoms with E-state index in [4.69, 9.17) is 58.1 Å². The van der Waals surface area contributed by atoms with Crippen molar-refractivity contribution in [3.05, 3.63) is 91.5 Å². The first-order chi connectivity index (χ1) is 43.4. The first-order valence-electron chi connectivity index (χ1n) is 30.7. The molecule has 8 N–H and O–H groups in total. The van der Waals surface area contributed by atoms with Gasteiger partial charge in [-0.2, -0.15) is 0 Å². The van der Waals surface area contributed by atoms with Crippen LogP contribution in [0, 0.1) is 18.7 Å². The number of rotatable bonds is 39. The number of methoxy groups -OCH3 is 1. The van der Waals surface area contributed by atoms with E-state index in [2.05, 4.69) is 26.6 Å². The van der Waals surface area contributed by atoms with Crippen molar-refractivity contribution >= 4 is 52.3 Å². The van der Waals surface area contributed by atoms with Crippen LogP contribution in [0.1, 0.15) is 105 Å². The molecule has 0 fully saturated rings. The SMILES string of the molecule is CC[C@@]1(O)C(=O)OCc2c1cc1n(c2=O)Cc2c-1nc1cc(F)c(C)c3c1c2[C@@H](NC(=O)OCc1ccc(NC(=O)[C@H](C)NC(=O)[C@@H](NC(=O)[C@@H](N)CCCCNC(=O)COCCOCCOCCOCCOCCOCCOCCOC)C(C)C)cc1)CC3. The number of esters is 1. The lowest BCUT2D eigenvalue weighted by molar-refractivity contribution is -0.172. The summed E-state index contributed by atoms with van der Waals surface area (Å²) in [5.41, 5.74) is 8.58. The van der Waals surface area contributed by atoms with Crippen molar-refractivity contribution in [2.75, 3.05) is 118 Å². The van der Waals surface area contributed by atoms with Gasteiger partial charge in [-0.3, -0.25) is 24.0 Å². The number of aliphatic hydroxyl groups is 1. The van der Waals surface area contributed by atoms with Crippen LogP contribution < -0.4 is 37.9 Å². The average Bonchev–Trinajstić information content (AvgIpc) is 1.46. The van der Waals surface area contributed by atoms with Gasteiger partial charge in [0.1, 0.15) is 37.7 Å². The van der Waals surface area contributed by atoms with E-state index in [1.165, 1.54) is 17.6 Å². The Kier molecular flexibility index (Phi) is 27.3. The molecule has 7 rings (SSSR count). The van der Waals surface area contributed by atoms with Gasteiger partial charge in [0.2, 0.25) is 23.6 Å². The predicted octanol–water partition coefficient (Wildman–Crippen LogP) is 3.40. The summed E-state index contributed by atoms with van der Waals surface area (Å²) in [5.74, 6) is -3.59. The maximum Gasteiger partial charge on any atom is 0.407 e. The number of carbonyl (C=O) groups excluding carboxylic acids is 6. The Labute approximate surface area is 522 Å². The van der Waals surface area contributed by atoms with E-state index >= 15 is 4.39 Å². The Bertz CT molecular complexity index is 3170. The molecule has 4 heterocycles. The zero-order chi connectivity index (χ0) is 64.7. The molecule has 5 atom stereocenters. The third-order valence-electron chi connectivity index (χ3n) is 15.8. The topological polar surface area (TPSA) is 336 Å². The number of alkyl carbamates (subject to hydrolysis) is 1. The molecule has 494 valence electrons. The van der Waals surface area contributed by atoms with Crippen LogP contribution in [0.4, 0.5) is 14.9 Å². The fourth-order valence-electron chi connectivity index (χ4n) is 10.7. The van der Waals surface area contributed by atoms with E-state index in [0.717, 1.165) is 5.56 Å². The maximum atomic E-state index is 15.4. The first-order valence-corrected chi connectivity index (χ1v) is 30.7. The highest BCUT2D eigenvalue weighted by Crippen LogP contribution is 2.46. The number of nitrogens with one attached hydrogen (secondary N) is 5. The van der Waals surface area contributed by atoms with E-state index in [0.29, 0.717) is 175 Å². The summed E-state index contributed by atoms with van der Waals surface area (Å²) in [4.78, 5) is 97.3. The molecule has 2 aromatic heterocycles. The number of hydrogen-bond donors (Lipinski definition) is 7. The van der Waals surface area contributed by atoms with Crippen molar-refractivity contribution in [1.29, 1.82) is 0 Å². The lowest BCUT2D eigenvalue weighted by atomic mass is 9.81. The molecule has 26 nitrogen and oxygen atoms in total. The molecule has 0 radical (unpaired) electrons. The molecule has 1 aliphatic carbocycles. The van der Waals surface area contributed by atoms with Crippen molar-refractivity contribution in [3.8, 4) is 11.4 Å². The van der Waals surface area contributed by atoms with Crippen LogP contribution in [-0.2, 0) is 103 Å². The van der Waals surface area contributed by atoms with Crippen molar-refractivity contribution in [1.82, 2.24) is 30.8 Å². The largest absolute Gasteiger partial charge is 0.458 e. The summed E-state index contributed by atoms with van der Waals surface area (Å²) in [6, 6.07) is 5.92. The molecule has 3 aliphatic rings. The van der Waals surface area contributed by atoms with E-state index in [-0.39, 0.29) is 62.3 Å². The zero-order valence-electron chi connectivity index (χ0n) is 52.3. The number of amides is 5. The minimum Gasteiger partial charge on any atom is -0.458 e. The zero-order valence-corrected chi connectivity index (χ0v) is 52.3. The van der Waals surface area contributed by atoms with Crippen LogP contribution in [0.3, 0.4) is 0 Å². The smallest absolute Gasteiger partial charge is 0.407 e. The highest BCUT2D eigenvalue weighted by molar-refractivity contribution is 5.98. The fourth-order valence-corrected chi connectivity index (χ4v) is 10.7. The average molecular weight is 1260 g/mol. The number of aromatic nitrogens is 2. The molecule has 0 saturated carbocycles. The molecule has 27 heteroatoms. The van der Waals surface area contributed by atoms with Gasteiger partial charge in [-0.15, -0.1) is 0 Å². The number of cyclic esters (lactones) is 1. The molecule has 0 spiro atoms. The van der Waals surface area contributed by atoms with Gasteiger partial charge in [0.15, 0.2) is 5.60 Å². The highest BCUT2D eigenvalue weighted by atomic mass is 19.1. The number of carbonyl (C=O) groups is 6. The standard InChI is InChI=1S/C63H87FN8O18/c1-7-63(80)46-32-51-56-44(34-72(51)60(77)45(46)36-89-61(63)78)54-49(16-15-43-39(4)47(64)33-50(69-56)53(43)54)70-62(79)90-35-41-11-13-42(14-12-41)68-57(74)40(5)67-59(76)55(38(2)3)71-58(75)48(65)10-8-9-17-66-52(73)37-88-31-30-87-29-28-86-27-26-85-25-24-84-23-22-83-21-20-82-19-18-81-6/h11-14,32-33,38,40,48-49,55,80H,7-10,15-31,34-37,65H2,1-6H3,(H,66,73)(H,67,76)(H,68,74)(H,70,79)(H,71,75)/t40-,48-,49-,55-,63-/m0/s1. The number of halogens is 1. The molecule has 0 saturated heterocycles. The number of pyridine rings is 2. The minimum absolute atomic E-state index is 0.0356. The van der Waals surface area contributed by atoms with Gasteiger partial charge in [-0.05, 0) is 98.7 Å². The van der Waals surface area contributed by atoms with Crippen LogP contribution in [0.5, 0.6) is 0 Å². The Morgan fingerprint density at radius 1 is 0.800 bits per heavy atom. The third kappa shape index (κ3) is 19.0. The van der Waals surface area contributed by atoms with Crippen molar-refractivity contribution < 1.29 is 85.6 Å². The third-order valence-corrected chi connectivity index (χ3v) is 15.8. The van der Waals surface area contributed by atoms with Crippen molar-refractivity contribution in [3.63, 3.8) is 0 Å². The Morgan fingerprint density at radius 3 is 2.01 bits per heavy atom. The predicted molar refractivity (Wildman–Crippen MR) is 325 cm³/mol. The summed E-state index contributed by atoms with van der Waals surface area (Å²) in [5, 5.41) is 26.0. The molecule has 0 unspecified atom stereocenters. The molecule has 4 aromatic rings. The molecule has 90 heavy (non-hydrogen) atoms. The second-order valence-electron chi connectivity index (χ2n) is 22.4. The van der Waals surface area contributed by atoms with E-state index < -0.39 is 70.9 Å². The van der Waals surface area contributed by atoms with Crippen LogP contribution in [0.2, 0.25) is 0 Å². The Balaban J connectivity index is 0.753. The van der Waals surface area contributed by atoms with Gasteiger partial charge in [-0.25, -0.2) is 19.0 Å². The molecule has 0 bridgehead atoms. The number of benzene rings is 2. The number of fused-ring (bicyclic) bond motifs is 5. The van der Waals surface area contributed by atoms with Gasteiger partial charge >= 0.3 is 12.1 Å². The normalized spacial score (nSPS) is 16.6. The minimum atomic E-state index is -2.04. The Morgan fingerprint density at radius 2 is 1.41 bits per heavy atom. The monoisotopic (exact) mass is 1260 g/mol. The van der Waals surface area contributed by atoms with Crippen LogP contribution in [0.25, 0.3) is 22.3 Å². The highest BCUT2D eigenvalue weighted by Gasteiger charge is 2.46. The second kappa shape index (κ2) is 35.0. The molecular formula is C63H87FN8O18. The first kappa shape index (κ1) is 70.4. The van der Waals surface area contributed by atoms with E-state index in [9.17, 15) is 38.7 Å². The Hall–Kier alpha value is -7.05. The van der Waals surface area contributed by atoms with Crippen LogP contribution in [-0.4, -0.2) is 181 Å². The number of anilines is 1. The number of nitrogens with zero attached hydrogens (tertiary/aromatic N) is 2. The fraction of sp³-hybridized carbons (Fsp3) is 0.587. The van der Waals surface area contributed by atoms with Gasteiger partial charge in [0, 0.05) is 41.9 Å². The second-order valence-corrected chi connectivity index (χ2v) is 22.4. The number of nitrogens with two attached hydrogens (primary N) is 1. The van der Waals surface area contributed by atoms with Gasteiger partial charge in [0.05, 0.1) is 134 Å². The number of hydrogen-bond acceptors (Lipinski definition) is 20. The van der Waals surface area contributed by atoms with Gasteiger partial charge in [-0.1, -0.05) is 32.9 Å². The maximum absolute atomic E-state index is 15.4. The van der Waals surface area contributed by atoms with Crippen LogP contribution >= 0.6 is 0 Å². The number of aryl methyl sites for hydroxylation is 1. The number of ether oxygens (including phenoxy) is 10. The molecule has 2 aromatic carbocycles. The number of unbranched alkanes of at least 4 members (excludes halogenated alkanes) is 1.